The molecule has 80 valence electrons. The minimum Gasteiger partial charge on any atom is -0.472 e. The summed E-state index contributed by atoms with van der Waals surface area (Å²) >= 11 is 0. The van der Waals surface area contributed by atoms with Crippen LogP contribution in [0.4, 0.5) is 0 Å². The lowest BCUT2D eigenvalue weighted by Crippen LogP contribution is -2.28. The number of aliphatic hydroxyl groups is 1. The van der Waals surface area contributed by atoms with Gasteiger partial charge in [0, 0.05) is 24.3 Å². The van der Waals surface area contributed by atoms with Crippen LogP contribution >= 0.6 is 0 Å². The number of hydrogen-bond acceptors (Lipinski definition) is 3. The van der Waals surface area contributed by atoms with Crippen molar-refractivity contribution in [1.82, 2.24) is 5.32 Å². The Kier molecular flexibility index (Phi) is 4.70. The van der Waals surface area contributed by atoms with Crippen LogP contribution in [-0.4, -0.2) is 17.8 Å². The van der Waals surface area contributed by atoms with Gasteiger partial charge in [0.15, 0.2) is 0 Å². The maximum Gasteiger partial charge on any atom is 0.0950 e. The molecule has 1 aromatic rings. The van der Waals surface area contributed by atoms with Gasteiger partial charge in [0.1, 0.15) is 0 Å². The molecule has 2 unspecified atom stereocenters. The van der Waals surface area contributed by atoms with Gasteiger partial charge < -0.3 is 14.8 Å². The van der Waals surface area contributed by atoms with Crippen LogP contribution in [0.5, 0.6) is 0 Å². The highest BCUT2D eigenvalue weighted by Crippen LogP contribution is 2.13. The molecule has 1 heterocycles. The first-order chi connectivity index (χ1) is 6.74. The van der Waals surface area contributed by atoms with Gasteiger partial charge in [-0.15, -0.1) is 0 Å². The molecule has 0 aliphatic carbocycles. The lowest BCUT2D eigenvalue weighted by molar-refractivity contribution is 0.274. The Hall–Kier alpha value is -0.800. The summed E-state index contributed by atoms with van der Waals surface area (Å²) in [5.41, 5.74) is 1.17. The molecule has 2 N–H and O–H groups in total. The Morgan fingerprint density at radius 2 is 2.29 bits per heavy atom. The summed E-state index contributed by atoms with van der Waals surface area (Å²) in [6.07, 6.45) is 5.30. The first kappa shape index (κ1) is 11.3. The summed E-state index contributed by atoms with van der Waals surface area (Å²) < 4.78 is 5.02. The van der Waals surface area contributed by atoms with Gasteiger partial charge in [0.2, 0.25) is 0 Å². The first-order valence-electron chi connectivity index (χ1n) is 5.13. The average molecular weight is 197 g/mol. The maximum absolute atomic E-state index is 8.69. The van der Waals surface area contributed by atoms with Crippen LogP contribution < -0.4 is 5.32 Å². The molecule has 14 heavy (non-hydrogen) atoms. The van der Waals surface area contributed by atoms with Gasteiger partial charge in [-0.05, 0) is 32.8 Å². The Morgan fingerprint density at radius 3 is 2.86 bits per heavy atom. The van der Waals surface area contributed by atoms with E-state index in [9.17, 15) is 0 Å². The van der Waals surface area contributed by atoms with Crippen molar-refractivity contribution in [2.75, 3.05) is 6.61 Å². The van der Waals surface area contributed by atoms with Crippen molar-refractivity contribution < 1.29 is 9.52 Å². The molecule has 0 saturated heterocycles. The molecular weight excluding hydrogens is 178 g/mol. The molecule has 0 fully saturated rings. The van der Waals surface area contributed by atoms with Gasteiger partial charge in [0.05, 0.1) is 12.5 Å². The molecule has 0 aliphatic heterocycles. The van der Waals surface area contributed by atoms with E-state index in [1.165, 1.54) is 5.56 Å². The molecule has 1 rings (SSSR count). The van der Waals surface area contributed by atoms with Crippen LogP contribution in [0.15, 0.2) is 23.0 Å². The molecule has 0 radical (unpaired) electrons. The fourth-order valence-corrected chi connectivity index (χ4v) is 1.53. The molecule has 0 aliphatic rings. The molecule has 0 amide bonds. The van der Waals surface area contributed by atoms with E-state index in [-0.39, 0.29) is 6.61 Å². The minimum atomic E-state index is 0.270. The number of furan rings is 1. The molecular formula is C11H19NO2. The van der Waals surface area contributed by atoms with Gasteiger partial charge >= 0.3 is 0 Å². The third-order valence-electron chi connectivity index (χ3n) is 2.37. The lowest BCUT2D eigenvalue weighted by Gasteiger charge is -2.18. The topological polar surface area (TPSA) is 45.4 Å². The molecule has 0 saturated carbocycles. The summed E-state index contributed by atoms with van der Waals surface area (Å²) in [4.78, 5) is 0. The van der Waals surface area contributed by atoms with Crippen LogP contribution in [-0.2, 0) is 0 Å². The molecule has 2 atom stereocenters. The van der Waals surface area contributed by atoms with Crippen molar-refractivity contribution in [1.29, 1.82) is 0 Å². The van der Waals surface area contributed by atoms with Gasteiger partial charge in [-0.3, -0.25) is 0 Å². The Morgan fingerprint density at radius 1 is 1.50 bits per heavy atom. The summed E-state index contributed by atoms with van der Waals surface area (Å²) in [5.74, 6) is 0. The van der Waals surface area contributed by atoms with Crippen molar-refractivity contribution >= 4 is 0 Å². The predicted octanol–water partition coefficient (Wildman–Crippen LogP) is 2.09. The largest absolute Gasteiger partial charge is 0.472 e. The van der Waals surface area contributed by atoms with Crippen molar-refractivity contribution in [3.05, 3.63) is 24.2 Å². The van der Waals surface area contributed by atoms with E-state index in [0.29, 0.717) is 12.1 Å². The van der Waals surface area contributed by atoms with Crippen molar-refractivity contribution in [2.24, 2.45) is 0 Å². The summed E-state index contributed by atoms with van der Waals surface area (Å²) in [7, 11) is 0. The second-order valence-electron chi connectivity index (χ2n) is 3.71. The second-order valence-corrected chi connectivity index (χ2v) is 3.71. The average Bonchev–Trinajstić information content (AvgIpc) is 2.67. The highest BCUT2D eigenvalue weighted by Gasteiger charge is 2.09. The zero-order valence-electron chi connectivity index (χ0n) is 8.86. The fraction of sp³-hybridized carbons (Fsp3) is 0.636. The van der Waals surface area contributed by atoms with Gasteiger partial charge in [-0.1, -0.05) is 0 Å². The maximum atomic E-state index is 8.69. The summed E-state index contributed by atoms with van der Waals surface area (Å²) in [6.45, 7) is 4.51. The van der Waals surface area contributed by atoms with E-state index in [1.807, 2.05) is 6.07 Å². The van der Waals surface area contributed by atoms with E-state index < -0.39 is 0 Å². The monoisotopic (exact) mass is 197 g/mol. The quantitative estimate of drug-likeness (QED) is 0.734. The first-order valence-corrected chi connectivity index (χ1v) is 5.13. The summed E-state index contributed by atoms with van der Waals surface area (Å²) in [5, 5.41) is 12.1. The van der Waals surface area contributed by atoms with E-state index >= 15 is 0 Å². The zero-order valence-corrected chi connectivity index (χ0v) is 8.86. The van der Waals surface area contributed by atoms with E-state index in [1.54, 1.807) is 12.5 Å². The number of aliphatic hydroxyl groups excluding tert-OH is 1. The number of nitrogens with one attached hydrogen (secondary N) is 1. The van der Waals surface area contributed by atoms with Crippen molar-refractivity contribution in [3.63, 3.8) is 0 Å². The Balaban J connectivity index is 2.29. The highest BCUT2D eigenvalue weighted by atomic mass is 16.3. The summed E-state index contributed by atoms with van der Waals surface area (Å²) in [6, 6.07) is 2.70. The zero-order chi connectivity index (χ0) is 10.4. The SMILES string of the molecule is CC(CCCO)NC(C)c1ccoc1. The van der Waals surface area contributed by atoms with E-state index in [2.05, 4.69) is 19.2 Å². The third-order valence-corrected chi connectivity index (χ3v) is 2.37. The van der Waals surface area contributed by atoms with Crippen LogP contribution in [0.3, 0.4) is 0 Å². The molecule has 3 heteroatoms. The van der Waals surface area contributed by atoms with Crippen LogP contribution in [0.2, 0.25) is 0 Å². The van der Waals surface area contributed by atoms with E-state index in [4.69, 9.17) is 9.52 Å². The van der Waals surface area contributed by atoms with Crippen molar-refractivity contribution in [2.45, 2.75) is 38.8 Å². The molecule has 0 aromatic carbocycles. The second kappa shape index (κ2) is 5.83. The lowest BCUT2D eigenvalue weighted by atomic mass is 10.1. The van der Waals surface area contributed by atoms with Gasteiger partial charge in [-0.2, -0.15) is 0 Å². The van der Waals surface area contributed by atoms with Crippen LogP contribution in [0.1, 0.15) is 38.3 Å². The van der Waals surface area contributed by atoms with E-state index in [0.717, 1.165) is 12.8 Å². The Labute approximate surface area is 85.1 Å². The van der Waals surface area contributed by atoms with Crippen LogP contribution in [0.25, 0.3) is 0 Å². The standard InChI is InChI=1S/C11H19NO2/c1-9(4-3-6-13)12-10(2)11-5-7-14-8-11/h5,7-10,12-13H,3-4,6H2,1-2H3. The van der Waals surface area contributed by atoms with Crippen LogP contribution in [0, 0.1) is 0 Å². The molecule has 3 nitrogen and oxygen atoms in total. The highest BCUT2D eigenvalue weighted by molar-refractivity contribution is 5.10. The normalized spacial score (nSPS) is 15.4. The van der Waals surface area contributed by atoms with Crippen molar-refractivity contribution in [3.8, 4) is 0 Å². The smallest absolute Gasteiger partial charge is 0.0950 e. The number of rotatable bonds is 6. The predicted molar refractivity (Wildman–Crippen MR) is 56.0 cm³/mol. The van der Waals surface area contributed by atoms with Gasteiger partial charge in [-0.25, -0.2) is 0 Å². The van der Waals surface area contributed by atoms with Gasteiger partial charge in [0.25, 0.3) is 0 Å². The fourth-order valence-electron chi connectivity index (χ4n) is 1.53. The third kappa shape index (κ3) is 3.52. The Bertz CT molecular complexity index is 233. The molecule has 0 spiro atoms. The molecule has 1 aromatic heterocycles. The minimum absolute atomic E-state index is 0.270. The molecule has 0 bridgehead atoms. The number of hydrogen-bond donors (Lipinski definition) is 2.